The lowest BCUT2D eigenvalue weighted by molar-refractivity contribution is -0.117. The molecule has 4 N–H and O–H groups in total. The lowest BCUT2D eigenvalue weighted by atomic mass is 10.2. The first kappa shape index (κ1) is 11.6. The van der Waals surface area contributed by atoms with Gasteiger partial charge in [0.05, 0.1) is 17.9 Å². The third-order valence-corrected chi connectivity index (χ3v) is 2.59. The predicted octanol–water partition coefficient (Wildman–Crippen LogP) is 0.932. The maximum Gasteiger partial charge on any atom is 0.238 e. The SMILES string of the molecule is NCC(=O)Nc1ccccc1NC(=O)C1CC1. The van der Waals surface area contributed by atoms with Gasteiger partial charge >= 0.3 is 0 Å². The molecule has 1 aliphatic carbocycles. The molecular weight excluding hydrogens is 218 g/mol. The molecule has 0 spiro atoms. The second-order valence-electron chi connectivity index (χ2n) is 4.06. The van der Waals surface area contributed by atoms with E-state index in [1.165, 1.54) is 0 Å². The quantitative estimate of drug-likeness (QED) is 0.723. The monoisotopic (exact) mass is 233 g/mol. The largest absolute Gasteiger partial charge is 0.324 e. The van der Waals surface area contributed by atoms with Crippen molar-refractivity contribution in [2.24, 2.45) is 11.7 Å². The molecule has 1 saturated carbocycles. The molecule has 2 amide bonds. The standard InChI is InChI=1S/C12H15N3O2/c13-7-11(16)14-9-3-1-2-4-10(9)15-12(17)8-5-6-8/h1-4,8H,5-7,13H2,(H,14,16)(H,15,17). The first-order valence-electron chi connectivity index (χ1n) is 5.60. The highest BCUT2D eigenvalue weighted by Gasteiger charge is 2.29. The van der Waals surface area contributed by atoms with E-state index in [9.17, 15) is 9.59 Å². The maximum absolute atomic E-state index is 11.6. The Balaban J connectivity index is 2.09. The summed E-state index contributed by atoms with van der Waals surface area (Å²) in [7, 11) is 0. The van der Waals surface area contributed by atoms with Gasteiger partial charge in [0.1, 0.15) is 0 Å². The minimum absolute atomic E-state index is 0.0134. The van der Waals surface area contributed by atoms with Crippen LogP contribution in [-0.4, -0.2) is 18.4 Å². The number of amides is 2. The molecule has 0 aromatic heterocycles. The summed E-state index contributed by atoms with van der Waals surface area (Å²) in [6.45, 7) is -0.0785. The van der Waals surface area contributed by atoms with E-state index in [0.717, 1.165) is 12.8 Å². The molecule has 1 aliphatic rings. The van der Waals surface area contributed by atoms with Crippen LogP contribution in [-0.2, 0) is 9.59 Å². The summed E-state index contributed by atoms with van der Waals surface area (Å²) in [5, 5.41) is 5.45. The normalized spacial score (nSPS) is 14.2. The van der Waals surface area contributed by atoms with Crippen molar-refractivity contribution in [3.63, 3.8) is 0 Å². The third-order valence-electron chi connectivity index (χ3n) is 2.59. The second kappa shape index (κ2) is 4.97. The molecule has 2 rings (SSSR count). The Bertz CT molecular complexity index is 441. The van der Waals surface area contributed by atoms with Crippen molar-refractivity contribution in [1.82, 2.24) is 0 Å². The van der Waals surface area contributed by atoms with Crippen molar-refractivity contribution in [1.29, 1.82) is 0 Å². The summed E-state index contributed by atoms with van der Waals surface area (Å²) in [5.41, 5.74) is 6.43. The Kier molecular flexibility index (Phi) is 3.39. The predicted molar refractivity (Wildman–Crippen MR) is 65.5 cm³/mol. The summed E-state index contributed by atoms with van der Waals surface area (Å²) in [6.07, 6.45) is 1.90. The first-order valence-corrected chi connectivity index (χ1v) is 5.60. The number of carbonyl (C=O) groups is 2. The van der Waals surface area contributed by atoms with Gasteiger partial charge in [0.15, 0.2) is 0 Å². The van der Waals surface area contributed by atoms with Crippen LogP contribution in [0.3, 0.4) is 0 Å². The van der Waals surface area contributed by atoms with Crippen molar-refractivity contribution in [3.05, 3.63) is 24.3 Å². The smallest absolute Gasteiger partial charge is 0.238 e. The highest BCUT2D eigenvalue weighted by Crippen LogP contribution is 2.31. The zero-order valence-electron chi connectivity index (χ0n) is 9.40. The molecule has 0 aliphatic heterocycles. The molecule has 0 bridgehead atoms. The summed E-state index contributed by atoms with van der Waals surface area (Å²) < 4.78 is 0. The highest BCUT2D eigenvalue weighted by atomic mass is 16.2. The molecular formula is C12H15N3O2. The molecule has 5 heteroatoms. The van der Waals surface area contributed by atoms with E-state index in [4.69, 9.17) is 5.73 Å². The molecule has 0 atom stereocenters. The van der Waals surface area contributed by atoms with Gasteiger partial charge in [0, 0.05) is 5.92 Å². The van der Waals surface area contributed by atoms with Crippen LogP contribution in [0, 0.1) is 5.92 Å². The van der Waals surface area contributed by atoms with E-state index in [2.05, 4.69) is 10.6 Å². The summed E-state index contributed by atoms with van der Waals surface area (Å²) in [6, 6.07) is 7.09. The zero-order chi connectivity index (χ0) is 12.3. The van der Waals surface area contributed by atoms with Crippen LogP contribution in [0.25, 0.3) is 0 Å². The Morgan fingerprint density at radius 3 is 2.29 bits per heavy atom. The molecule has 1 fully saturated rings. The molecule has 90 valence electrons. The summed E-state index contributed by atoms with van der Waals surface area (Å²) >= 11 is 0. The maximum atomic E-state index is 11.6. The average molecular weight is 233 g/mol. The summed E-state index contributed by atoms with van der Waals surface area (Å²) in [5.74, 6) is -0.133. The number of para-hydroxylation sites is 2. The molecule has 17 heavy (non-hydrogen) atoms. The van der Waals surface area contributed by atoms with Gasteiger partial charge in [-0.05, 0) is 25.0 Å². The van der Waals surface area contributed by atoms with E-state index < -0.39 is 0 Å². The van der Waals surface area contributed by atoms with Gasteiger partial charge in [-0.2, -0.15) is 0 Å². The van der Waals surface area contributed by atoms with E-state index in [1.54, 1.807) is 24.3 Å². The van der Waals surface area contributed by atoms with Gasteiger partial charge in [-0.1, -0.05) is 12.1 Å². The van der Waals surface area contributed by atoms with Crippen LogP contribution in [0.2, 0.25) is 0 Å². The van der Waals surface area contributed by atoms with E-state index in [1.807, 2.05) is 0 Å². The van der Waals surface area contributed by atoms with Gasteiger partial charge in [-0.15, -0.1) is 0 Å². The van der Waals surface area contributed by atoms with Crippen molar-refractivity contribution in [3.8, 4) is 0 Å². The number of anilines is 2. The molecule has 1 aromatic rings. The van der Waals surface area contributed by atoms with Gasteiger partial charge in [0.25, 0.3) is 0 Å². The Morgan fingerprint density at radius 2 is 1.76 bits per heavy atom. The Hall–Kier alpha value is -1.88. The van der Waals surface area contributed by atoms with Crippen LogP contribution < -0.4 is 16.4 Å². The number of benzene rings is 1. The van der Waals surface area contributed by atoms with E-state index in [-0.39, 0.29) is 24.3 Å². The summed E-state index contributed by atoms with van der Waals surface area (Å²) in [4.78, 5) is 22.9. The lowest BCUT2D eigenvalue weighted by Crippen LogP contribution is -2.23. The van der Waals surface area contributed by atoms with Crippen molar-refractivity contribution in [2.75, 3.05) is 17.2 Å². The molecule has 5 nitrogen and oxygen atoms in total. The molecule has 0 heterocycles. The third kappa shape index (κ3) is 3.04. The van der Waals surface area contributed by atoms with Crippen LogP contribution in [0.15, 0.2) is 24.3 Å². The number of carbonyl (C=O) groups excluding carboxylic acids is 2. The zero-order valence-corrected chi connectivity index (χ0v) is 9.40. The van der Waals surface area contributed by atoms with Crippen molar-refractivity contribution >= 4 is 23.2 Å². The Morgan fingerprint density at radius 1 is 1.18 bits per heavy atom. The second-order valence-corrected chi connectivity index (χ2v) is 4.06. The average Bonchev–Trinajstić information content (AvgIpc) is 3.15. The van der Waals surface area contributed by atoms with Crippen molar-refractivity contribution < 1.29 is 9.59 Å². The fourth-order valence-corrected chi connectivity index (χ4v) is 1.48. The van der Waals surface area contributed by atoms with E-state index >= 15 is 0 Å². The molecule has 0 unspecified atom stereocenters. The topological polar surface area (TPSA) is 84.2 Å². The van der Waals surface area contributed by atoms with Crippen molar-refractivity contribution in [2.45, 2.75) is 12.8 Å². The van der Waals surface area contributed by atoms with Crippen LogP contribution in [0.4, 0.5) is 11.4 Å². The van der Waals surface area contributed by atoms with Gasteiger partial charge < -0.3 is 16.4 Å². The molecule has 1 aromatic carbocycles. The van der Waals surface area contributed by atoms with Crippen LogP contribution in [0.5, 0.6) is 0 Å². The molecule has 0 radical (unpaired) electrons. The van der Waals surface area contributed by atoms with E-state index in [0.29, 0.717) is 11.4 Å². The van der Waals surface area contributed by atoms with Gasteiger partial charge in [-0.25, -0.2) is 0 Å². The lowest BCUT2D eigenvalue weighted by Gasteiger charge is -2.11. The number of hydrogen-bond acceptors (Lipinski definition) is 3. The highest BCUT2D eigenvalue weighted by molar-refractivity contribution is 6.01. The number of rotatable bonds is 4. The van der Waals surface area contributed by atoms with Crippen LogP contribution in [0.1, 0.15) is 12.8 Å². The van der Waals surface area contributed by atoms with Crippen LogP contribution >= 0.6 is 0 Å². The van der Waals surface area contributed by atoms with Gasteiger partial charge in [-0.3, -0.25) is 9.59 Å². The first-order chi connectivity index (χ1) is 8.20. The fourth-order valence-electron chi connectivity index (χ4n) is 1.48. The van der Waals surface area contributed by atoms with Gasteiger partial charge in [0.2, 0.25) is 11.8 Å². The number of nitrogens with two attached hydrogens (primary N) is 1. The number of hydrogen-bond donors (Lipinski definition) is 3. The minimum atomic E-state index is -0.280. The number of nitrogens with one attached hydrogen (secondary N) is 2. The fraction of sp³-hybridized carbons (Fsp3) is 0.333. The Labute approximate surface area is 99.4 Å². The molecule has 0 saturated heterocycles. The minimum Gasteiger partial charge on any atom is -0.324 e.